The fourth-order valence-corrected chi connectivity index (χ4v) is 1.79. The fourth-order valence-electron chi connectivity index (χ4n) is 1.79. The summed E-state index contributed by atoms with van der Waals surface area (Å²) < 4.78 is 10.5. The second-order valence-corrected chi connectivity index (χ2v) is 4.54. The molecule has 0 aromatic heterocycles. The van der Waals surface area contributed by atoms with Crippen LogP contribution in [0, 0.1) is 13.8 Å². The molecule has 100 valence electrons. The minimum absolute atomic E-state index is 0.00263. The topological polar surface area (TPSA) is 55.8 Å². The number of hydrogen-bond acceptors (Lipinski definition) is 4. The summed E-state index contributed by atoms with van der Waals surface area (Å²) in [6.07, 6.45) is -0.139. The SMILES string of the molecule is Cc1cc(CO)cc(C)c1OCC(=O)OC(C)C. The van der Waals surface area contributed by atoms with E-state index in [1.165, 1.54) is 0 Å². The Morgan fingerprint density at radius 1 is 1.28 bits per heavy atom. The molecule has 0 amide bonds. The standard InChI is InChI=1S/C14H20O4/c1-9(2)18-13(16)8-17-14-10(3)5-12(7-15)6-11(14)4/h5-6,9,15H,7-8H2,1-4H3. The van der Waals surface area contributed by atoms with Gasteiger partial charge >= 0.3 is 5.97 Å². The molecule has 0 unspecified atom stereocenters. The largest absolute Gasteiger partial charge is 0.481 e. The highest BCUT2D eigenvalue weighted by Gasteiger charge is 2.10. The fraction of sp³-hybridized carbons (Fsp3) is 0.500. The van der Waals surface area contributed by atoms with E-state index >= 15 is 0 Å². The Hall–Kier alpha value is -1.55. The molecule has 0 heterocycles. The molecule has 1 aromatic rings. The molecule has 0 radical (unpaired) electrons. The highest BCUT2D eigenvalue weighted by Crippen LogP contribution is 2.24. The highest BCUT2D eigenvalue weighted by molar-refractivity contribution is 5.71. The van der Waals surface area contributed by atoms with Gasteiger partial charge in [-0.15, -0.1) is 0 Å². The molecule has 4 nitrogen and oxygen atoms in total. The molecule has 4 heteroatoms. The Balaban J connectivity index is 2.70. The van der Waals surface area contributed by atoms with Gasteiger partial charge in [-0.3, -0.25) is 0 Å². The lowest BCUT2D eigenvalue weighted by atomic mass is 10.1. The van der Waals surface area contributed by atoms with Gasteiger partial charge in [-0.1, -0.05) is 12.1 Å². The first kappa shape index (κ1) is 14.5. The van der Waals surface area contributed by atoms with Crippen molar-refractivity contribution in [3.05, 3.63) is 28.8 Å². The molecule has 0 aliphatic heterocycles. The highest BCUT2D eigenvalue weighted by atomic mass is 16.6. The van der Waals surface area contributed by atoms with E-state index in [1.54, 1.807) is 13.8 Å². The molecule has 0 atom stereocenters. The van der Waals surface area contributed by atoms with Crippen molar-refractivity contribution in [1.29, 1.82) is 0 Å². The lowest BCUT2D eigenvalue weighted by Gasteiger charge is -2.14. The van der Waals surface area contributed by atoms with Crippen LogP contribution in [0.5, 0.6) is 5.75 Å². The number of ether oxygens (including phenoxy) is 2. The maximum absolute atomic E-state index is 11.4. The number of aliphatic hydroxyl groups excluding tert-OH is 1. The van der Waals surface area contributed by atoms with Crippen LogP contribution >= 0.6 is 0 Å². The van der Waals surface area contributed by atoms with Crippen LogP contribution in [0.25, 0.3) is 0 Å². The number of aliphatic hydroxyl groups is 1. The summed E-state index contributed by atoms with van der Waals surface area (Å²) >= 11 is 0. The van der Waals surface area contributed by atoms with Crippen molar-refractivity contribution in [2.45, 2.75) is 40.4 Å². The van der Waals surface area contributed by atoms with Crippen LogP contribution < -0.4 is 4.74 Å². The Kier molecular flexibility index (Phi) is 5.16. The van der Waals surface area contributed by atoms with E-state index in [1.807, 2.05) is 26.0 Å². The van der Waals surface area contributed by atoms with E-state index in [0.29, 0.717) is 5.75 Å². The number of benzene rings is 1. The number of carbonyl (C=O) groups excluding carboxylic acids is 1. The number of aryl methyl sites for hydroxylation is 2. The summed E-state index contributed by atoms with van der Waals surface area (Å²) in [4.78, 5) is 11.4. The molecule has 0 saturated carbocycles. The maximum Gasteiger partial charge on any atom is 0.344 e. The molecule has 1 aromatic carbocycles. The molecule has 0 aliphatic carbocycles. The van der Waals surface area contributed by atoms with Crippen LogP contribution in [0.3, 0.4) is 0 Å². The lowest BCUT2D eigenvalue weighted by molar-refractivity contribution is -0.149. The molecule has 0 fully saturated rings. The number of rotatable bonds is 5. The van der Waals surface area contributed by atoms with E-state index < -0.39 is 0 Å². The Bertz CT molecular complexity index is 401. The van der Waals surface area contributed by atoms with Crippen molar-refractivity contribution in [3.8, 4) is 5.75 Å². The van der Waals surface area contributed by atoms with E-state index in [4.69, 9.17) is 14.6 Å². The van der Waals surface area contributed by atoms with Gasteiger partial charge in [0.1, 0.15) is 5.75 Å². The van der Waals surface area contributed by atoms with Gasteiger partial charge in [0.25, 0.3) is 0 Å². The van der Waals surface area contributed by atoms with Crippen LogP contribution in [0.15, 0.2) is 12.1 Å². The molecule has 0 aliphatic rings. The average Bonchev–Trinajstić information content (AvgIpc) is 2.26. The minimum atomic E-state index is -0.380. The third-order valence-electron chi connectivity index (χ3n) is 2.40. The number of esters is 1. The first-order valence-electron chi connectivity index (χ1n) is 5.97. The smallest absolute Gasteiger partial charge is 0.344 e. The van der Waals surface area contributed by atoms with E-state index in [2.05, 4.69) is 0 Å². The monoisotopic (exact) mass is 252 g/mol. The molecule has 18 heavy (non-hydrogen) atoms. The molecule has 1 rings (SSSR count). The van der Waals surface area contributed by atoms with Gasteiger partial charge in [-0.2, -0.15) is 0 Å². The molecule has 0 saturated heterocycles. The van der Waals surface area contributed by atoms with Gasteiger partial charge in [0, 0.05) is 0 Å². The molecule has 0 spiro atoms. The zero-order valence-electron chi connectivity index (χ0n) is 11.3. The summed E-state index contributed by atoms with van der Waals surface area (Å²) in [6.45, 7) is 7.26. The van der Waals surface area contributed by atoms with Crippen LogP contribution in [0.2, 0.25) is 0 Å². The summed E-state index contributed by atoms with van der Waals surface area (Å²) in [5, 5.41) is 9.08. The summed E-state index contributed by atoms with van der Waals surface area (Å²) in [5.41, 5.74) is 2.63. The number of carbonyl (C=O) groups is 1. The zero-order valence-corrected chi connectivity index (χ0v) is 11.3. The second kappa shape index (κ2) is 6.40. The first-order chi connectivity index (χ1) is 8.43. The van der Waals surface area contributed by atoms with Crippen molar-refractivity contribution in [1.82, 2.24) is 0 Å². The van der Waals surface area contributed by atoms with Crippen LogP contribution in [0.4, 0.5) is 0 Å². The molecular weight excluding hydrogens is 232 g/mol. The Morgan fingerprint density at radius 2 is 1.83 bits per heavy atom. The zero-order chi connectivity index (χ0) is 13.7. The first-order valence-corrected chi connectivity index (χ1v) is 5.97. The van der Waals surface area contributed by atoms with Crippen LogP contribution in [-0.2, 0) is 16.1 Å². The molecule has 0 bridgehead atoms. The van der Waals surface area contributed by atoms with E-state index in [9.17, 15) is 4.79 Å². The Labute approximate surface area is 108 Å². The summed E-state index contributed by atoms with van der Waals surface area (Å²) in [5.74, 6) is 0.294. The lowest BCUT2D eigenvalue weighted by Crippen LogP contribution is -2.19. The van der Waals surface area contributed by atoms with Crippen LogP contribution in [-0.4, -0.2) is 23.8 Å². The van der Waals surface area contributed by atoms with Crippen molar-refractivity contribution in [2.24, 2.45) is 0 Å². The average molecular weight is 252 g/mol. The van der Waals surface area contributed by atoms with Gasteiger partial charge in [-0.25, -0.2) is 4.79 Å². The van der Waals surface area contributed by atoms with Gasteiger partial charge < -0.3 is 14.6 Å². The van der Waals surface area contributed by atoms with Gasteiger partial charge in [0.05, 0.1) is 12.7 Å². The third-order valence-corrected chi connectivity index (χ3v) is 2.40. The molecular formula is C14H20O4. The predicted molar refractivity (Wildman–Crippen MR) is 68.6 cm³/mol. The minimum Gasteiger partial charge on any atom is -0.481 e. The van der Waals surface area contributed by atoms with Gasteiger partial charge in [0.15, 0.2) is 6.61 Å². The molecule has 1 N–H and O–H groups in total. The van der Waals surface area contributed by atoms with E-state index in [-0.39, 0.29) is 25.3 Å². The van der Waals surface area contributed by atoms with Gasteiger partial charge in [0.2, 0.25) is 0 Å². The van der Waals surface area contributed by atoms with Crippen molar-refractivity contribution >= 4 is 5.97 Å². The second-order valence-electron chi connectivity index (χ2n) is 4.54. The third kappa shape index (κ3) is 4.04. The normalized spacial score (nSPS) is 10.6. The summed E-state index contributed by atoms with van der Waals surface area (Å²) in [7, 11) is 0. The number of hydrogen-bond donors (Lipinski definition) is 1. The van der Waals surface area contributed by atoms with Crippen LogP contribution in [0.1, 0.15) is 30.5 Å². The predicted octanol–water partition coefficient (Wildman–Crippen LogP) is 2.13. The maximum atomic E-state index is 11.4. The van der Waals surface area contributed by atoms with E-state index in [0.717, 1.165) is 16.7 Å². The Morgan fingerprint density at radius 3 is 2.28 bits per heavy atom. The van der Waals surface area contributed by atoms with Crippen molar-refractivity contribution < 1.29 is 19.4 Å². The van der Waals surface area contributed by atoms with Crippen molar-refractivity contribution in [3.63, 3.8) is 0 Å². The quantitative estimate of drug-likeness (QED) is 0.816. The summed E-state index contributed by atoms with van der Waals surface area (Å²) in [6, 6.07) is 3.69. The van der Waals surface area contributed by atoms with Crippen molar-refractivity contribution in [2.75, 3.05) is 6.61 Å². The van der Waals surface area contributed by atoms with Gasteiger partial charge in [-0.05, 0) is 44.4 Å².